The van der Waals surface area contributed by atoms with Crippen LogP contribution in [-0.4, -0.2) is 46.6 Å². The van der Waals surface area contributed by atoms with Gasteiger partial charge in [-0.05, 0) is 30.5 Å². The zero-order valence-corrected chi connectivity index (χ0v) is 12.6. The molecular formula is C16H26N2O2. The number of nitrogens with one attached hydrogen (secondary N) is 1. The van der Waals surface area contributed by atoms with Crippen LogP contribution < -0.4 is 10.2 Å². The van der Waals surface area contributed by atoms with Crippen LogP contribution in [-0.2, 0) is 16.0 Å². The highest BCUT2D eigenvalue weighted by atomic mass is 16.5. The molecule has 1 fully saturated rings. The quantitative estimate of drug-likeness (QED) is 0.774. The molecule has 0 spiro atoms. The van der Waals surface area contributed by atoms with E-state index in [2.05, 4.69) is 41.5 Å². The molecule has 2 rings (SSSR count). The van der Waals surface area contributed by atoms with Gasteiger partial charge in [0.15, 0.2) is 0 Å². The molecule has 112 valence electrons. The Kier molecular flexibility index (Phi) is 6.30. The summed E-state index contributed by atoms with van der Waals surface area (Å²) in [6, 6.07) is 9.43. The largest absolute Gasteiger partial charge is 0.383 e. The second kappa shape index (κ2) is 8.25. The minimum Gasteiger partial charge on any atom is -0.383 e. The Morgan fingerprint density at radius 2 is 1.95 bits per heavy atom. The lowest BCUT2D eigenvalue weighted by Crippen LogP contribution is -2.36. The molecule has 0 unspecified atom stereocenters. The lowest BCUT2D eigenvalue weighted by Gasteiger charge is -2.33. The monoisotopic (exact) mass is 278 g/mol. The van der Waals surface area contributed by atoms with E-state index in [-0.39, 0.29) is 0 Å². The lowest BCUT2D eigenvalue weighted by atomic mass is 10.1. The van der Waals surface area contributed by atoms with Crippen molar-refractivity contribution in [2.75, 3.05) is 45.4 Å². The molecule has 4 nitrogen and oxygen atoms in total. The third-order valence-corrected chi connectivity index (χ3v) is 3.89. The average Bonchev–Trinajstić information content (AvgIpc) is 2.52. The van der Waals surface area contributed by atoms with Crippen LogP contribution in [0.3, 0.4) is 0 Å². The molecular weight excluding hydrogens is 252 g/mol. The van der Waals surface area contributed by atoms with Gasteiger partial charge >= 0.3 is 0 Å². The summed E-state index contributed by atoms with van der Waals surface area (Å²) in [5.41, 5.74) is 2.60. The summed E-state index contributed by atoms with van der Waals surface area (Å²) in [5.74, 6) is 0. The van der Waals surface area contributed by atoms with Gasteiger partial charge in [-0.25, -0.2) is 0 Å². The Labute approximate surface area is 122 Å². The van der Waals surface area contributed by atoms with Crippen LogP contribution in [0.25, 0.3) is 0 Å². The molecule has 0 aliphatic carbocycles. The van der Waals surface area contributed by atoms with E-state index in [4.69, 9.17) is 9.47 Å². The highest BCUT2D eigenvalue weighted by Crippen LogP contribution is 2.21. The van der Waals surface area contributed by atoms with Gasteiger partial charge < -0.3 is 19.7 Å². The number of methoxy groups -OCH3 is 1. The van der Waals surface area contributed by atoms with Crippen molar-refractivity contribution in [3.63, 3.8) is 0 Å². The summed E-state index contributed by atoms with van der Waals surface area (Å²) < 4.78 is 10.4. The van der Waals surface area contributed by atoms with Crippen molar-refractivity contribution in [3.8, 4) is 0 Å². The Morgan fingerprint density at radius 3 is 2.60 bits per heavy atom. The summed E-state index contributed by atoms with van der Waals surface area (Å²) in [5, 5.41) is 3.36. The van der Waals surface area contributed by atoms with Crippen LogP contribution in [0.1, 0.15) is 18.4 Å². The van der Waals surface area contributed by atoms with Crippen LogP contribution >= 0.6 is 0 Å². The van der Waals surface area contributed by atoms with Crippen molar-refractivity contribution in [3.05, 3.63) is 29.8 Å². The normalized spacial score (nSPS) is 16.3. The molecule has 1 aromatic rings. The van der Waals surface area contributed by atoms with Crippen LogP contribution in [0, 0.1) is 0 Å². The average molecular weight is 278 g/mol. The minimum atomic E-state index is 0.606. The Bertz CT molecular complexity index is 375. The Hall–Kier alpha value is -1.10. The van der Waals surface area contributed by atoms with Crippen molar-refractivity contribution < 1.29 is 9.47 Å². The number of nitrogens with zero attached hydrogens (tertiary/aromatic N) is 1. The number of benzene rings is 1. The zero-order chi connectivity index (χ0) is 14.2. The standard InChI is InChI=1S/C16H26N2O2/c1-18(16-7-10-20-11-8-16)15-5-3-14(4-6-15)13-17-9-12-19-2/h3-6,16-17H,7-13H2,1-2H3. The molecule has 1 saturated heterocycles. The molecule has 0 atom stereocenters. The van der Waals surface area contributed by atoms with Gasteiger partial charge in [0.05, 0.1) is 6.61 Å². The molecule has 1 N–H and O–H groups in total. The summed E-state index contributed by atoms with van der Waals surface area (Å²) in [6.45, 7) is 4.31. The molecule has 0 amide bonds. The van der Waals surface area contributed by atoms with Crippen molar-refractivity contribution in [2.24, 2.45) is 0 Å². The third-order valence-electron chi connectivity index (χ3n) is 3.89. The molecule has 1 aliphatic heterocycles. The molecule has 0 radical (unpaired) electrons. The maximum Gasteiger partial charge on any atom is 0.0587 e. The van der Waals surface area contributed by atoms with E-state index in [0.29, 0.717) is 6.04 Å². The van der Waals surface area contributed by atoms with E-state index in [9.17, 15) is 0 Å². The number of rotatable bonds is 7. The number of ether oxygens (including phenoxy) is 2. The predicted octanol–water partition coefficient (Wildman–Crippen LogP) is 2.04. The maximum atomic E-state index is 5.42. The van der Waals surface area contributed by atoms with Crippen LogP contribution in [0.4, 0.5) is 5.69 Å². The molecule has 1 aromatic carbocycles. The van der Waals surface area contributed by atoms with Gasteiger partial charge in [-0.3, -0.25) is 0 Å². The molecule has 4 heteroatoms. The van der Waals surface area contributed by atoms with E-state index in [0.717, 1.165) is 45.8 Å². The fraction of sp³-hybridized carbons (Fsp3) is 0.625. The summed E-state index contributed by atoms with van der Waals surface area (Å²) in [6.07, 6.45) is 2.24. The van der Waals surface area contributed by atoms with E-state index >= 15 is 0 Å². The highest BCUT2D eigenvalue weighted by Gasteiger charge is 2.18. The lowest BCUT2D eigenvalue weighted by molar-refractivity contribution is 0.0855. The van der Waals surface area contributed by atoms with Gasteiger partial charge in [-0.1, -0.05) is 12.1 Å². The van der Waals surface area contributed by atoms with E-state index in [1.807, 2.05) is 0 Å². The SMILES string of the molecule is COCCNCc1ccc(N(C)C2CCOCC2)cc1. The first-order chi connectivity index (χ1) is 9.81. The summed E-state index contributed by atoms with van der Waals surface area (Å²) in [7, 11) is 3.91. The molecule has 0 bridgehead atoms. The molecule has 0 saturated carbocycles. The van der Waals surface area contributed by atoms with Crippen LogP contribution in [0.5, 0.6) is 0 Å². The summed E-state index contributed by atoms with van der Waals surface area (Å²) >= 11 is 0. The first kappa shape index (κ1) is 15.3. The van der Waals surface area contributed by atoms with Crippen molar-refractivity contribution in [1.29, 1.82) is 0 Å². The van der Waals surface area contributed by atoms with Gasteiger partial charge in [0.2, 0.25) is 0 Å². The van der Waals surface area contributed by atoms with Crippen molar-refractivity contribution in [2.45, 2.75) is 25.4 Å². The molecule has 1 heterocycles. The first-order valence-electron chi connectivity index (χ1n) is 7.40. The maximum absolute atomic E-state index is 5.42. The number of hydrogen-bond acceptors (Lipinski definition) is 4. The van der Waals surface area contributed by atoms with Crippen molar-refractivity contribution >= 4 is 5.69 Å². The second-order valence-corrected chi connectivity index (χ2v) is 5.29. The van der Waals surface area contributed by atoms with Crippen LogP contribution in [0.2, 0.25) is 0 Å². The van der Waals surface area contributed by atoms with Gasteiger partial charge in [0.1, 0.15) is 0 Å². The highest BCUT2D eigenvalue weighted by molar-refractivity contribution is 5.47. The van der Waals surface area contributed by atoms with E-state index in [1.54, 1.807) is 7.11 Å². The van der Waals surface area contributed by atoms with Crippen LogP contribution in [0.15, 0.2) is 24.3 Å². The third kappa shape index (κ3) is 4.47. The van der Waals surface area contributed by atoms with Crippen molar-refractivity contribution in [1.82, 2.24) is 5.32 Å². The zero-order valence-electron chi connectivity index (χ0n) is 12.6. The Morgan fingerprint density at radius 1 is 1.25 bits per heavy atom. The number of hydrogen-bond donors (Lipinski definition) is 1. The first-order valence-corrected chi connectivity index (χ1v) is 7.40. The minimum absolute atomic E-state index is 0.606. The number of anilines is 1. The molecule has 0 aromatic heterocycles. The Balaban J connectivity index is 1.83. The smallest absolute Gasteiger partial charge is 0.0587 e. The van der Waals surface area contributed by atoms with E-state index in [1.165, 1.54) is 11.3 Å². The van der Waals surface area contributed by atoms with E-state index < -0.39 is 0 Å². The summed E-state index contributed by atoms with van der Waals surface area (Å²) in [4.78, 5) is 2.38. The van der Waals surface area contributed by atoms with Gasteiger partial charge in [0.25, 0.3) is 0 Å². The predicted molar refractivity (Wildman–Crippen MR) is 82.3 cm³/mol. The topological polar surface area (TPSA) is 33.7 Å². The fourth-order valence-corrected chi connectivity index (χ4v) is 2.54. The van der Waals surface area contributed by atoms with Gasteiger partial charge in [0, 0.05) is 52.2 Å². The van der Waals surface area contributed by atoms with Gasteiger partial charge in [-0.2, -0.15) is 0 Å². The van der Waals surface area contributed by atoms with Gasteiger partial charge in [-0.15, -0.1) is 0 Å². The second-order valence-electron chi connectivity index (χ2n) is 5.29. The fourth-order valence-electron chi connectivity index (χ4n) is 2.54. The molecule has 20 heavy (non-hydrogen) atoms. The molecule has 1 aliphatic rings.